The van der Waals surface area contributed by atoms with E-state index in [1.54, 1.807) is 6.07 Å². The molecule has 3 fully saturated rings. The van der Waals surface area contributed by atoms with E-state index >= 15 is 0 Å². The number of carbonyl (C=O) groups excluding carboxylic acids is 2. The molecule has 2 aliphatic heterocycles. The first-order chi connectivity index (χ1) is 16.1. The highest BCUT2D eigenvalue weighted by Gasteiger charge is 2.42. The first-order valence-corrected chi connectivity index (χ1v) is 12.2. The molecule has 5 rings (SSSR count). The summed E-state index contributed by atoms with van der Waals surface area (Å²) in [5, 5.41) is 3.20. The smallest absolute Gasteiger partial charge is 0.249 e. The SMILES string of the molecule is O=C(NC1CCN(C(=O)C2CCC2)C1Cc1cccc(-c2cccc(F)c2)c1)[C@@H]1CCCO1. The highest BCUT2D eigenvalue weighted by atomic mass is 19.1. The molecule has 0 spiro atoms. The molecule has 3 atom stereocenters. The van der Waals surface area contributed by atoms with Crippen molar-refractivity contribution in [3.8, 4) is 11.1 Å². The first kappa shape index (κ1) is 22.1. The van der Waals surface area contributed by atoms with Crippen LogP contribution in [0.5, 0.6) is 0 Å². The number of benzene rings is 2. The molecule has 174 valence electrons. The predicted octanol–water partition coefficient (Wildman–Crippen LogP) is 4.10. The van der Waals surface area contributed by atoms with Crippen LogP contribution in [0.25, 0.3) is 11.1 Å². The van der Waals surface area contributed by atoms with Crippen molar-refractivity contribution < 1.29 is 18.7 Å². The van der Waals surface area contributed by atoms with E-state index in [9.17, 15) is 14.0 Å². The molecule has 1 aliphatic carbocycles. The van der Waals surface area contributed by atoms with Gasteiger partial charge < -0.3 is 15.0 Å². The molecule has 3 aliphatic rings. The lowest BCUT2D eigenvalue weighted by molar-refractivity contribution is -0.140. The van der Waals surface area contributed by atoms with E-state index in [-0.39, 0.29) is 41.7 Å². The molecule has 2 unspecified atom stereocenters. The van der Waals surface area contributed by atoms with Crippen LogP contribution >= 0.6 is 0 Å². The summed E-state index contributed by atoms with van der Waals surface area (Å²) in [6.07, 6.45) is 5.73. The van der Waals surface area contributed by atoms with Gasteiger partial charge in [0, 0.05) is 19.1 Å². The number of carbonyl (C=O) groups is 2. The predicted molar refractivity (Wildman–Crippen MR) is 124 cm³/mol. The summed E-state index contributed by atoms with van der Waals surface area (Å²) in [6.45, 7) is 1.30. The molecule has 2 aromatic carbocycles. The van der Waals surface area contributed by atoms with E-state index < -0.39 is 0 Å². The average Bonchev–Trinajstić information content (AvgIpc) is 3.44. The van der Waals surface area contributed by atoms with Gasteiger partial charge in [-0.05, 0) is 67.3 Å². The van der Waals surface area contributed by atoms with Gasteiger partial charge in [0.25, 0.3) is 0 Å². The van der Waals surface area contributed by atoms with Crippen LogP contribution < -0.4 is 5.32 Å². The van der Waals surface area contributed by atoms with Crippen LogP contribution in [0.2, 0.25) is 0 Å². The van der Waals surface area contributed by atoms with Crippen LogP contribution in [0.4, 0.5) is 4.39 Å². The molecule has 0 radical (unpaired) electrons. The highest BCUT2D eigenvalue weighted by Crippen LogP contribution is 2.33. The molecular weight excluding hydrogens is 419 g/mol. The van der Waals surface area contributed by atoms with Gasteiger partial charge in [-0.2, -0.15) is 0 Å². The molecule has 5 nitrogen and oxygen atoms in total. The molecule has 2 saturated heterocycles. The van der Waals surface area contributed by atoms with Crippen molar-refractivity contribution in [2.45, 2.75) is 63.1 Å². The Morgan fingerprint density at radius 1 is 1.00 bits per heavy atom. The van der Waals surface area contributed by atoms with Crippen molar-refractivity contribution in [2.24, 2.45) is 5.92 Å². The molecule has 0 aromatic heterocycles. The fraction of sp³-hybridized carbons (Fsp3) is 0.481. The Hall–Kier alpha value is -2.73. The van der Waals surface area contributed by atoms with Crippen molar-refractivity contribution in [3.63, 3.8) is 0 Å². The van der Waals surface area contributed by atoms with E-state index in [4.69, 9.17) is 4.74 Å². The van der Waals surface area contributed by atoms with E-state index in [2.05, 4.69) is 11.4 Å². The van der Waals surface area contributed by atoms with Crippen molar-refractivity contribution >= 4 is 11.8 Å². The zero-order valence-electron chi connectivity index (χ0n) is 18.8. The fourth-order valence-electron chi connectivity index (χ4n) is 5.29. The Labute approximate surface area is 194 Å². The highest BCUT2D eigenvalue weighted by molar-refractivity contribution is 5.83. The van der Waals surface area contributed by atoms with Gasteiger partial charge in [-0.25, -0.2) is 4.39 Å². The number of ether oxygens (including phenoxy) is 1. The summed E-state index contributed by atoms with van der Waals surface area (Å²) in [5.41, 5.74) is 2.85. The molecule has 1 saturated carbocycles. The molecule has 1 N–H and O–H groups in total. The first-order valence-electron chi connectivity index (χ1n) is 12.2. The normalized spacial score (nSPS) is 25.1. The fourth-order valence-corrected chi connectivity index (χ4v) is 5.29. The van der Waals surface area contributed by atoms with Gasteiger partial charge in [0.15, 0.2) is 0 Å². The zero-order chi connectivity index (χ0) is 22.8. The summed E-state index contributed by atoms with van der Waals surface area (Å²) in [7, 11) is 0. The molecule has 6 heteroatoms. The number of likely N-dealkylation sites (tertiary alicyclic amines) is 1. The van der Waals surface area contributed by atoms with Crippen molar-refractivity contribution in [2.75, 3.05) is 13.2 Å². The van der Waals surface area contributed by atoms with Gasteiger partial charge in [0.1, 0.15) is 11.9 Å². The van der Waals surface area contributed by atoms with E-state index in [1.807, 2.05) is 29.2 Å². The summed E-state index contributed by atoms with van der Waals surface area (Å²) in [5.74, 6) is 0.0250. The van der Waals surface area contributed by atoms with Gasteiger partial charge in [0.05, 0.1) is 12.1 Å². The largest absolute Gasteiger partial charge is 0.368 e. The number of amides is 2. The van der Waals surface area contributed by atoms with E-state index in [1.165, 1.54) is 12.1 Å². The van der Waals surface area contributed by atoms with Crippen LogP contribution in [0.1, 0.15) is 44.1 Å². The van der Waals surface area contributed by atoms with Crippen molar-refractivity contribution in [3.05, 3.63) is 59.9 Å². The maximum atomic E-state index is 13.7. The summed E-state index contributed by atoms with van der Waals surface area (Å²) >= 11 is 0. The molecule has 33 heavy (non-hydrogen) atoms. The van der Waals surface area contributed by atoms with Crippen LogP contribution in [-0.2, 0) is 20.7 Å². The monoisotopic (exact) mass is 450 g/mol. The second-order valence-electron chi connectivity index (χ2n) is 9.55. The van der Waals surface area contributed by atoms with Gasteiger partial charge in [-0.1, -0.05) is 42.8 Å². The van der Waals surface area contributed by atoms with Crippen LogP contribution in [0.3, 0.4) is 0 Å². The number of nitrogens with one attached hydrogen (secondary N) is 1. The maximum Gasteiger partial charge on any atom is 0.249 e. The van der Waals surface area contributed by atoms with E-state index in [0.717, 1.165) is 55.2 Å². The minimum Gasteiger partial charge on any atom is -0.368 e. The third-order valence-electron chi connectivity index (χ3n) is 7.36. The van der Waals surface area contributed by atoms with E-state index in [0.29, 0.717) is 19.6 Å². The quantitative estimate of drug-likeness (QED) is 0.721. The standard InChI is InChI=1S/C27H31FN2O3/c28-22-10-3-9-21(17-22)20-8-1-5-18(15-20)16-24-23(29-26(31)25-11-4-14-33-25)12-13-30(24)27(32)19-6-2-7-19/h1,3,5,8-10,15,17,19,23-25H,2,4,6-7,11-14,16H2,(H,29,31)/t23?,24?,25-/m0/s1. The minimum absolute atomic E-state index is 0.0612. The number of hydrogen-bond acceptors (Lipinski definition) is 3. The molecule has 2 heterocycles. The second-order valence-corrected chi connectivity index (χ2v) is 9.55. The summed E-state index contributed by atoms with van der Waals surface area (Å²) in [6, 6.07) is 14.5. The average molecular weight is 451 g/mol. The molecule has 0 bridgehead atoms. The number of nitrogens with zero attached hydrogens (tertiary/aromatic N) is 1. The number of rotatable bonds is 6. The Kier molecular flexibility index (Phi) is 6.45. The lowest BCUT2D eigenvalue weighted by atomic mass is 9.84. The zero-order valence-corrected chi connectivity index (χ0v) is 18.8. The van der Waals surface area contributed by atoms with Gasteiger partial charge in [0.2, 0.25) is 11.8 Å². The minimum atomic E-state index is -0.377. The van der Waals surface area contributed by atoms with Crippen LogP contribution in [-0.4, -0.2) is 48.1 Å². The third-order valence-corrected chi connectivity index (χ3v) is 7.36. The molecule has 2 amide bonds. The number of hydrogen-bond donors (Lipinski definition) is 1. The topological polar surface area (TPSA) is 58.6 Å². The lowest BCUT2D eigenvalue weighted by Crippen LogP contribution is -2.51. The van der Waals surface area contributed by atoms with Crippen LogP contribution in [0, 0.1) is 11.7 Å². The summed E-state index contributed by atoms with van der Waals surface area (Å²) < 4.78 is 19.3. The maximum absolute atomic E-state index is 13.7. The molecular formula is C27H31FN2O3. The number of halogens is 1. The van der Waals surface area contributed by atoms with Gasteiger partial charge >= 0.3 is 0 Å². The van der Waals surface area contributed by atoms with Gasteiger partial charge in [-0.3, -0.25) is 9.59 Å². The summed E-state index contributed by atoms with van der Waals surface area (Å²) in [4.78, 5) is 28.0. The Bertz CT molecular complexity index is 1020. The Morgan fingerprint density at radius 3 is 2.48 bits per heavy atom. The second kappa shape index (κ2) is 9.64. The Morgan fingerprint density at radius 2 is 1.79 bits per heavy atom. The third kappa shape index (κ3) is 4.81. The molecule has 2 aromatic rings. The lowest BCUT2D eigenvalue weighted by Gasteiger charge is -2.34. The van der Waals surface area contributed by atoms with Crippen LogP contribution in [0.15, 0.2) is 48.5 Å². The van der Waals surface area contributed by atoms with Gasteiger partial charge in [-0.15, -0.1) is 0 Å². The van der Waals surface area contributed by atoms with Crippen molar-refractivity contribution in [1.82, 2.24) is 10.2 Å². The van der Waals surface area contributed by atoms with Crippen molar-refractivity contribution in [1.29, 1.82) is 0 Å². The Balaban J connectivity index is 1.36.